The van der Waals surface area contributed by atoms with Crippen LogP contribution < -0.4 is 4.74 Å². The Balaban J connectivity index is 1.50. The number of nitrogens with zero attached hydrogens (tertiary/aromatic N) is 3. The number of fused-ring (bicyclic) bond motifs is 2. The maximum Gasteiger partial charge on any atom is 0.337 e. The van der Waals surface area contributed by atoms with Crippen LogP contribution in [0.4, 0.5) is 0 Å². The molecular formula is C35H30ClN3O4S. The summed E-state index contributed by atoms with van der Waals surface area (Å²) in [5, 5.41) is 12.7. The molecule has 0 bridgehead atoms. The van der Waals surface area contributed by atoms with Crippen LogP contribution in [0.3, 0.4) is 0 Å². The summed E-state index contributed by atoms with van der Waals surface area (Å²) in [4.78, 5) is 26.8. The number of aryl methyl sites for hydroxylation is 1. The van der Waals surface area contributed by atoms with Crippen molar-refractivity contribution >= 4 is 50.0 Å². The summed E-state index contributed by atoms with van der Waals surface area (Å²) < 4.78 is 12.3. The molecule has 3 aromatic heterocycles. The molecule has 3 aromatic carbocycles. The molecule has 0 aliphatic carbocycles. The first-order valence-corrected chi connectivity index (χ1v) is 15.2. The molecule has 7 nitrogen and oxygen atoms in total. The van der Waals surface area contributed by atoms with E-state index in [1.54, 1.807) is 13.3 Å². The third-order valence-corrected chi connectivity index (χ3v) is 8.58. The summed E-state index contributed by atoms with van der Waals surface area (Å²) in [6.07, 6.45) is 0.604. The molecule has 9 heteroatoms. The topological polar surface area (TPSA) is 94.4 Å². The lowest BCUT2D eigenvalue weighted by molar-refractivity contribution is -0.160. The second-order valence-electron chi connectivity index (χ2n) is 11.5. The third-order valence-electron chi connectivity index (χ3n) is 7.19. The van der Waals surface area contributed by atoms with Crippen LogP contribution in [0.1, 0.15) is 38.0 Å². The van der Waals surface area contributed by atoms with Crippen molar-refractivity contribution in [2.75, 3.05) is 7.11 Å². The van der Waals surface area contributed by atoms with Crippen LogP contribution in [0.5, 0.6) is 5.88 Å². The number of thiazole rings is 1. The number of aromatic nitrogens is 3. The van der Waals surface area contributed by atoms with E-state index in [1.165, 1.54) is 11.3 Å². The summed E-state index contributed by atoms with van der Waals surface area (Å²) in [5.74, 6) is -0.484. The van der Waals surface area contributed by atoms with E-state index in [-0.39, 0.29) is 0 Å². The molecule has 0 spiro atoms. The molecule has 1 atom stereocenters. The average Bonchev–Trinajstić information content (AvgIpc) is 3.42. The Morgan fingerprint density at radius 3 is 2.36 bits per heavy atom. The summed E-state index contributed by atoms with van der Waals surface area (Å²) >= 11 is 7.75. The molecule has 0 aliphatic rings. The number of hydrogen-bond acceptors (Lipinski definition) is 7. The normalized spacial score (nSPS) is 12.5. The Kier molecular flexibility index (Phi) is 7.84. The van der Waals surface area contributed by atoms with Gasteiger partial charge in [0.1, 0.15) is 5.01 Å². The van der Waals surface area contributed by atoms with Gasteiger partial charge in [-0.1, -0.05) is 29.8 Å². The van der Waals surface area contributed by atoms with E-state index >= 15 is 0 Å². The van der Waals surface area contributed by atoms with Gasteiger partial charge in [-0.25, -0.2) is 14.8 Å². The molecule has 0 amide bonds. The predicted octanol–water partition coefficient (Wildman–Crippen LogP) is 9.15. The minimum atomic E-state index is -1.18. The third kappa shape index (κ3) is 5.88. The fraction of sp³-hybridized carbons (Fsp3) is 0.200. The molecule has 0 radical (unpaired) electrons. The number of carboxylic acid groups (broad SMARTS) is 1. The first-order chi connectivity index (χ1) is 21.0. The van der Waals surface area contributed by atoms with Crippen molar-refractivity contribution in [3.8, 4) is 38.8 Å². The molecule has 0 aliphatic heterocycles. The molecule has 44 heavy (non-hydrogen) atoms. The van der Waals surface area contributed by atoms with Crippen LogP contribution in [0.25, 0.3) is 54.1 Å². The molecule has 0 saturated carbocycles. The van der Waals surface area contributed by atoms with E-state index in [9.17, 15) is 9.90 Å². The second-order valence-corrected chi connectivity index (χ2v) is 12.9. The van der Waals surface area contributed by atoms with Crippen LogP contribution in [-0.2, 0) is 9.53 Å². The van der Waals surface area contributed by atoms with Crippen molar-refractivity contribution in [1.29, 1.82) is 0 Å². The van der Waals surface area contributed by atoms with Crippen molar-refractivity contribution in [1.82, 2.24) is 15.0 Å². The van der Waals surface area contributed by atoms with Gasteiger partial charge in [-0.3, -0.25) is 4.98 Å². The highest BCUT2D eigenvalue weighted by molar-refractivity contribution is 7.22. The first-order valence-electron chi connectivity index (χ1n) is 14.0. The van der Waals surface area contributed by atoms with Gasteiger partial charge < -0.3 is 14.6 Å². The van der Waals surface area contributed by atoms with Crippen LogP contribution >= 0.6 is 22.9 Å². The SMILES string of the molecule is COc1ccc2cc(-c3cc(-c4nc5cc(C)c([C@H](OC(C)(C)C)C(=O)O)c(-c6ccc(Cl)cc6)c5s4)ccn3)ccc2n1. The van der Waals surface area contributed by atoms with E-state index in [1.807, 2.05) is 94.4 Å². The van der Waals surface area contributed by atoms with Gasteiger partial charge in [-0.15, -0.1) is 11.3 Å². The number of methoxy groups -OCH3 is 1. The number of aliphatic carboxylic acids is 1. The van der Waals surface area contributed by atoms with Gasteiger partial charge >= 0.3 is 5.97 Å². The quantitative estimate of drug-likeness (QED) is 0.189. The number of carboxylic acids is 1. The highest BCUT2D eigenvalue weighted by Crippen LogP contribution is 2.44. The van der Waals surface area contributed by atoms with Crippen molar-refractivity contribution < 1.29 is 19.4 Å². The van der Waals surface area contributed by atoms with E-state index in [2.05, 4.69) is 16.0 Å². The van der Waals surface area contributed by atoms with Crippen molar-refractivity contribution in [2.24, 2.45) is 0 Å². The van der Waals surface area contributed by atoms with Crippen LogP contribution in [0, 0.1) is 6.92 Å². The highest BCUT2D eigenvalue weighted by Gasteiger charge is 2.32. The van der Waals surface area contributed by atoms with Gasteiger partial charge in [0.25, 0.3) is 0 Å². The Hall–Kier alpha value is -4.37. The molecule has 0 fully saturated rings. The Morgan fingerprint density at radius 2 is 1.66 bits per heavy atom. The zero-order valence-corrected chi connectivity index (χ0v) is 26.5. The first kappa shape index (κ1) is 29.7. The number of benzene rings is 3. The molecule has 0 saturated heterocycles. The van der Waals surface area contributed by atoms with Crippen molar-refractivity contribution in [3.63, 3.8) is 0 Å². The summed E-state index contributed by atoms with van der Waals surface area (Å²) in [6.45, 7) is 7.47. The largest absolute Gasteiger partial charge is 0.481 e. The Morgan fingerprint density at radius 1 is 0.909 bits per heavy atom. The summed E-state index contributed by atoms with van der Waals surface area (Å²) in [7, 11) is 1.60. The minimum Gasteiger partial charge on any atom is -0.481 e. The lowest BCUT2D eigenvalue weighted by Gasteiger charge is -2.28. The zero-order chi connectivity index (χ0) is 31.2. The molecule has 1 N–H and O–H groups in total. The van der Waals surface area contributed by atoms with Gasteiger partial charge in [0.15, 0.2) is 6.10 Å². The monoisotopic (exact) mass is 623 g/mol. The number of hydrogen-bond donors (Lipinski definition) is 1. The number of pyridine rings is 2. The van der Waals surface area contributed by atoms with E-state index in [4.69, 9.17) is 26.1 Å². The standard InChI is InChI=1S/C35H30ClN3O4S/c1-19-16-27-32(30(20-6-10-24(36)11-7-20)29(19)31(34(40)41)43-35(2,3)4)44-33(39-27)23-14-15-37-26(18-23)22-8-12-25-21(17-22)9-13-28(38-25)42-5/h6-18,31H,1-5H3,(H,40,41)/t31-/m0/s1. The van der Waals surface area contributed by atoms with Gasteiger partial charge in [0.05, 0.1) is 34.1 Å². The smallest absolute Gasteiger partial charge is 0.337 e. The number of rotatable bonds is 7. The molecule has 0 unspecified atom stereocenters. The molecule has 6 rings (SSSR count). The van der Waals surface area contributed by atoms with Crippen LogP contribution in [0.15, 0.2) is 79.0 Å². The average molecular weight is 624 g/mol. The Labute approximate surface area is 264 Å². The van der Waals surface area contributed by atoms with Gasteiger partial charge in [-0.05, 0) is 87.4 Å². The molecule has 222 valence electrons. The van der Waals surface area contributed by atoms with Gasteiger partial charge in [-0.2, -0.15) is 0 Å². The van der Waals surface area contributed by atoms with Crippen molar-refractivity contribution in [3.05, 3.63) is 95.1 Å². The highest BCUT2D eigenvalue weighted by atomic mass is 35.5. The number of carbonyl (C=O) groups is 1. The number of ether oxygens (including phenoxy) is 2. The molecule has 3 heterocycles. The van der Waals surface area contributed by atoms with Gasteiger partial charge in [0, 0.05) is 44.9 Å². The molecular weight excluding hydrogens is 594 g/mol. The zero-order valence-electron chi connectivity index (χ0n) is 24.9. The summed E-state index contributed by atoms with van der Waals surface area (Å²) in [6, 6.07) is 23.2. The van der Waals surface area contributed by atoms with Crippen LogP contribution in [0.2, 0.25) is 5.02 Å². The maximum absolute atomic E-state index is 12.6. The van der Waals surface area contributed by atoms with Gasteiger partial charge in [0.2, 0.25) is 5.88 Å². The van der Waals surface area contributed by atoms with Crippen molar-refractivity contribution in [2.45, 2.75) is 39.4 Å². The fourth-order valence-corrected chi connectivity index (χ4v) is 6.51. The van der Waals surface area contributed by atoms with E-state index in [0.717, 1.165) is 59.6 Å². The summed E-state index contributed by atoms with van der Waals surface area (Å²) in [5.41, 5.74) is 6.62. The van der Waals surface area contributed by atoms with E-state index in [0.29, 0.717) is 16.5 Å². The second kappa shape index (κ2) is 11.6. The van der Waals surface area contributed by atoms with Crippen LogP contribution in [-0.4, -0.2) is 38.7 Å². The Bertz CT molecular complexity index is 2030. The fourth-order valence-electron chi connectivity index (χ4n) is 5.26. The maximum atomic E-state index is 12.6. The lowest BCUT2D eigenvalue weighted by Crippen LogP contribution is -2.28. The lowest BCUT2D eigenvalue weighted by atomic mass is 9.91. The van der Waals surface area contributed by atoms with E-state index < -0.39 is 17.7 Å². The number of halogens is 1. The predicted molar refractivity (Wildman–Crippen MR) is 177 cm³/mol. The minimum absolute atomic E-state index is 0.567. The molecule has 6 aromatic rings.